The van der Waals surface area contributed by atoms with Crippen molar-refractivity contribution in [1.29, 1.82) is 0 Å². The van der Waals surface area contributed by atoms with Gasteiger partial charge in [-0.2, -0.15) is 0 Å². The molecule has 3 rings (SSSR count). The lowest BCUT2D eigenvalue weighted by Gasteiger charge is -2.05. The van der Waals surface area contributed by atoms with Gasteiger partial charge in [0.25, 0.3) is 5.91 Å². The van der Waals surface area contributed by atoms with Crippen LogP contribution in [0.1, 0.15) is 21.8 Å². The van der Waals surface area contributed by atoms with Crippen LogP contribution in [0.3, 0.4) is 0 Å². The maximum absolute atomic E-state index is 12.8. The normalized spacial score (nSPS) is 10.5. The lowest BCUT2D eigenvalue weighted by Crippen LogP contribution is -2.26. The summed E-state index contributed by atoms with van der Waals surface area (Å²) in [4.78, 5) is 12.0. The predicted octanol–water partition coefficient (Wildman–Crippen LogP) is 2.63. The molecule has 3 aromatic rings. The van der Waals surface area contributed by atoms with Crippen LogP contribution in [0.25, 0.3) is 0 Å². The van der Waals surface area contributed by atoms with Gasteiger partial charge < -0.3 is 15.2 Å². The summed E-state index contributed by atoms with van der Waals surface area (Å²) in [7, 11) is 0. The molecular formula is C17H16FN5O2. The molecule has 0 saturated heterocycles. The maximum Gasteiger partial charge on any atom is 0.271 e. The Hall–Kier alpha value is -3.29. The minimum absolute atomic E-state index is 0.209. The van der Waals surface area contributed by atoms with Crippen molar-refractivity contribution in [3.05, 3.63) is 65.3 Å². The third kappa shape index (κ3) is 4.60. The van der Waals surface area contributed by atoms with E-state index in [-0.39, 0.29) is 17.4 Å². The van der Waals surface area contributed by atoms with E-state index in [4.69, 9.17) is 4.52 Å². The summed E-state index contributed by atoms with van der Waals surface area (Å²) in [5.74, 6) is 1.04. The summed E-state index contributed by atoms with van der Waals surface area (Å²) in [6, 6.07) is 11.1. The predicted molar refractivity (Wildman–Crippen MR) is 89.0 cm³/mol. The van der Waals surface area contributed by atoms with E-state index in [9.17, 15) is 9.18 Å². The number of aryl methyl sites for hydroxylation is 1. The zero-order valence-corrected chi connectivity index (χ0v) is 13.5. The van der Waals surface area contributed by atoms with Gasteiger partial charge in [-0.15, -0.1) is 10.2 Å². The Labute approximate surface area is 143 Å². The van der Waals surface area contributed by atoms with Crippen molar-refractivity contribution in [1.82, 2.24) is 20.7 Å². The number of nitrogens with zero attached hydrogens (tertiary/aromatic N) is 3. The van der Waals surface area contributed by atoms with E-state index < -0.39 is 0 Å². The van der Waals surface area contributed by atoms with Crippen LogP contribution in [0.5, 0.6) is 0 Å². The van der Waals surface area contributed by atoms with Crippen molar-refractivity contribution < 1.29 is 13.7 Å². The number of halogens is 1. The molecule has 0 fully saturated rings. The fraction of sp³-hybridized carbons (Fsp3) is 0.176. The average Bonchev–Trinajstić information content (AvgIpc) is 3.02. The molecule has 2 heterocycles. The largest absolute Gasteiger partial charge is 0.360 e. The first-order valence-electron chi connectivity index (χ1n) is 7.67. The third-order valence-electron chi connectivity index (χ3n) is 3.39. The molecule has 1 aromatic carbocycles. The lowest BCUT2D eigenvalue weighted by molar-refractivity contribution is 0.0948. The molecule has 25 heavy (non-hydrogen) atoms. The minimum Gasteiger partial charge on any atom is -0.360 e. The van der Waals surface area contributed by atoms with Crippen molar-refractivity contribution >= 4 is 17.5 Å². The monoisotopic (exact) mass is 341 g/mol. The number of rotatable bonds is 6. The molecule has 7 nitrogen and oxygen atoms in total. The van der Waals surface area contributed by atoms with Crippen LogP contribution in [0.2, 0.25) is 0 Å². The Morgan fingerprint density at radius 3 is 2.56 bits per heavy atom. The molecule has 0 radical (unpaired) electrons. The molecule has 0 spiro atoms. The number of benzene rings is 1. The Balaban J connectivity index is 1.51. The molecule has 1 amide bonds. The fourth-order valence-electron chi connectivity index (χ4n) is 2.14. The number of hydrogen-bond acceptors (Lipinski definition) is 6. The summed E-state index contributed by atoms with van der Waals surface area (Å²) in [6.07, 6.45) is 0.602. The summed E-state index contributed by atoms with van der Waals surface area (Å²) >= 11 is 0. The first-order valence-corrected chi connectivity index (χ1v) is 7.67. The number of nitrogens with one attached hydrogen (secondary N) is 2. The van der Waals surface area contributed by atoms with Gasteiger partial charge in [0.1, 0.15) is 11.6 Å². The number of hydrogen-bond donors (Lipinski definition) is 2. The zero-order valence-electron chi connectivity index (χ0n) is 13.5. The topological polar surface area (TPSA) is 92.9 Å². The highest BCUT2D eigenvalue weighted by atomic mass is 19.1. The van der Waals surface area contributed by atoms with E-state index >= 15 is 0 Å². The smallest absolute Gasteiger partial charge is 0.271 e. The van der Waals surface area contributed by atoms with Crippen LogP contribution >= 0.6 is 0 Å². The molecule has 0 aliphatic rings. The molecule has 128 valence electrons. The van der Waals surface area contributed by atoms with Gasteiger partial charge in [0.2, 0.25) is 0 Å². The second-order valence-electron chi connectivity index (χ2n) is 5.38. The molecular weight excluding hydrogens is 325 g/mol. The van der Waals surface area contributed by atoms with Crippen LogP contribution in [0.4, 0.5) is 16.0 Å². The SMILES string of the molecule is Cc1cc(Nc2ccc(C(=O)NCCc3ccc(F)cc3)nn2)no1. The van der Waals surface area contributed by atoms with Gasteiger partial charge in [0, 0.05) is 12.6 Å². The summed E-state index contributed by atoms with van der Waals surface area (Å²) in [5.41, 5.74) is 1.15. The molecule has 2 N–H and O–H groups in total. The Morgan fingerprint density at radius 2 is 1.92 bits per heavy atom. The van der Waals surface area contributed by atoms with Crippen LogP contribution < -0.4 is 10.6 Å². The highest BCUT2D eigenvalue weighted by Gasteiger charge is 2.08. The van der Waals surface area contributed by atoms with E-state index in [1.165, 1.54) is 12.1 Å². The van der Waals surface area contributed by atoms with Gasteiger partial charge in [-0.25, -0.2) is 4.39 Å². The Kier molecular flexibility index (Phi) is 4.98. The quantitative estimate of drug-likeness (QED) is 0.716. The zero-order chi connectivity index (χ0) is 17.6. The van der Waals surface area contributed by atoms with Gasteiger partial charge in [-0.1, -0.05) is 17.3 Å². The number of carbonyl (C=O) groups excluding carboxylic acids is 1. The van der Waals surface area contributed by atoms with Crippen molar-refractivity contribution in [3.63, 3.8) is 0 Å². The third-order valence-corrected chi connectivity index (χ3v) is 3.39. The first-order chi connectivity index (χ1) is 12.1. The molecule has 0 bridgehead atoms. The molecule has 0 saturated carbocycles. The van der Waals surface area contributed by atoms with Crippen molar-refractivity contribution in [2.24, 2.45) is 0 Å². The van der Waals surface area contributed by atoms with E-state index in [0.717, 1.165) is 5.56 Å². The van der Waals surface area contributed by atoms with E-state index in [0.29, 0.717) is 30.4 Å². The minimum atomic E-state index is -0.321. The van der Waals surface area contributed by atoms with Gasteiger partial charge in [0.05, 0.1) is 0 Å². The van der Waals surface area contributed by atoms with Gasteiger partial charge in [-0.05, 0) is 43.2 Å². The highest BCUT2D eigenvalue weighted by Crippen LogP contribution is 2.13. The first kappa shape index (κ1) is 16.6. The summed E-state index contributed by atoms with van der Waals surface area (Å²) in [6.45, 7) is 2.20. The van der Waals surface area contributed by atoms with Crippen LogP contribution in [-0.4, -0.2) is 27.8 Å². The Bertz CT molecular complexity index is 846. The maximum atomic E-state index is 12.8. The number of anilines is 2. The average molecular weight is 341 g/mol. The van der Waals surface area contributed by atoms with Gasteiger partial charge >= 0.3 is 0 Å². The number of amides is 1. The molecule has 2 aromatic heterocycles. The van der Waals surface area contributed by atoms with E-state index in [2.05, 4.69) is 26.0 Å². The van der Waals surface area contributed by atoms with Crippen LogP contribution in [0, 0.1) is 12.7 Å². The number of aromatic nitrogens is 3. The molecule has 0 aliphatic heterocycles. The van der Waals surface area contributed by atoms with Crippen molar-refractivity contribution in [2.75, 3.05) is 11.9 Å². The van der Waals surface area contributed by atoms with E-state index in [1.54, 1.807) is 37.3 Å². The molecule has 0 unspecified atom stereocenters. The van der Waals surface area contributed by atoms with Crippen molar-refractivity contribution in [2.45, 2.75) is 13.3 Å². The molecule has 0 atom stereocenters. The summed E-state index contributed by atoms with van der Waals surface area (Å²) < 4.78 is 17.8. The molecule has 0 aliphatic carbocycles. The second-order valence-corrected chi connectivity index (χ2v) is 5.38. The van der Waals surface area contributed by atoms with Crippen LogP contribution in [-0.2, 0) is 6.42 Å². The summed E-state index contributed by atoms with van der Waals surface area (Å²) in [5, 5.41) is 17.3. The van der Waals surface area contributed by atoms with Gasteiger partial charge in [0.15, 0.2) is 17.3 Å². The van der Waals surface area contributed by atoms with Crippen LogP contribution in [0.15, 0.2) is 47.0 Å². The van der Waals surface area contributed by atoms with E-state index in [1.807, 2.05) is 0 Å². The number of carbonyl (C=O) groups is 1. The second kappa shape index (κ2) is 7.52. The van der Waals surface area contributed by atoms with Crippen molar-refractivity contribution in [3.8, 4) is 0 Å². The Morgan fingerprint density at radius 1 is 1.12 bits per heavy atom. The highest BCUT2D eigenvalue weighted by molar-refractivity contribution is 5.92. The standard InChI is InChI=1S/C17H16FN5O2/c1-11-10-16(23-25-11)20-15-7-6-14(21-22-15)17(24)19-9-8-12-2-4-13(18)5-3-12/h2-7,10H,8-9H2,1H3,(H,19,24)(H,20,22,23). The fourth-order valence-corrected chi connectivity index (χ4v) is 2.14. The lowest BCUT2D eigenvalue weighted by atomic mass is 10.1. The molecule has 8 heteroatoms. The van der Waals surface area contributed by atoms with Gasteiger partial charge in [-0.3, -0.25) is 4.79 Å².